The van der Waals surface area contributed by atoms with E-state index in [1.54, 1.807) is 23.1 Å². The Morgan fingerprint density at radius 1 is 0.861 bits per heavy atom. The van der Waals surface area contributed by atoms with E-state index in [9.17, 15) is 18.0 Å². The number of hydrogen-bond acceptors (Lipinski definition) is 4. The van der Waals surface area contributed by atoms with E-state index in [1.807, 2.05) is 48.5 Å². The van der Waals surface area contributed by atoms with Gasteiger partial charge in [-0.2, -0.15) is 4.31 Å². The molecule has 0 aromatic heterocycles. The summed E-state index contributed by atoms with van der Waals surface area (Å²) in [6.07, 6.45) is 3.16. The summed E-state index contributed by atoms with van der Waals surface area (Å²) >= 11 is 0. The number of anilines is 1. The van der Waals surface area contributed by atoms with Crippen molar-refractivity contribution in [3.8, 4) is 0 Å². The van der Waals surface area contributed by atoms with Crippen LogP contribution in [0.25, 0.3) is 0 Å². The normalized spacial score (nSPS) is 17.0. The third-order valence-electron chi connectivity index (χ3n) is 6.87. The van der Waals surface area contributed by atoms with Crippen LogP contribution in [0.5, 0.6) is 0 Å². The van der Waals surface area contributed by atoms with Gasteiger partial charge in [-0.25, -0.2) is 8.42 Å². The van der Waals surface area contributed by atoms with Crippen LogP contribution in [-0.4, -0.2) is 48.6 Å². The van der Waals surface area contributed by atoms with Gasteiger partial charge in [0.2, 0.25) is 15.9 Å². The Morgan fingerprint density at radius 3 is 2.22 bits per heavy atom. The van der Waals surface area contributed by atoms with Crippen molar-refractivity contribution in [3.63, 3.8) is 0 Å². The Morgan fingerprint density at radius 2 is 1.53 bits per heavy atom. The van der Waals surface area contributed by atoms with Crippen molar-refractivity contribution in [1.29, 1.82) is 0 Å². The van der Waals surface area contributed by atoms with Gasteiger partial charge in [-0.15, -0.1) is 0 Å². The SMILES string of the molecule is O=C(Nc1ccc(S(=O)(=O)N2CCCCC2)cc1)[C@H](Cc1ccccc1)N1Cc2ccccc2C1=O. The number of benzene rings is 3. The number of carbonyl (C=O) groups is 2. The minimum Gasteiger partial charge on any atom is -0.324 e. The molecule has 3 aromatic rings. The summed E-state index contributed by atoms with van der Waals surface area (Å²) in [4.78, 5) is 28.5. The second-order valence-corrected chi connectivity index (χ2v) is 11.2. The van der Waals surface area contributed by atoms with Gasteiger partial charge in [-0.1, -0.05) is 55.0 Å². The van der Waals surface area contributed by atoms with Gasteiger partial charge in [-0.05, 0) is 54.3 Å². The van der Waals surface area contributed by atoms with Crippen LogP contribution < -0.4 is 5.32 Å². The van der Waals surface area contributed by atoms with E-state index >= 15 is 0 Å². The number of sulfonamides is 1. The van der Waals surface area contributed by atoms with Gasteiger partial charge in [0.25, 0.3) is 5.91 Å². The number of fused-ring (bicyclic) bond motifs is 1. The Labute approximate surface area is 211 Å². The molecule has 0 radical (unpaired) electrons. The van der Waals surface area contributed by atoms with Gasteiger partial charge in [0, 0.05) is 37.3 Å². The predicted molar refractivity (Wildman–Crippen MR) is 138 cm³/mol. The number of nitrogens with one attached hydrogen (secondary N) is 1. The van der Waals surface area contributed by atoms with Crippen LogP contribution >= 0.6 is 0 Å². The maximum Gasteiger partial charge on any atom is 0.255 e. The molecule has 0 bridgehead atoms. The molecule has 1 saturated heterocycles. The molecule has 0 spiro atoms. The van der Waals surface area contributed by atoms with Crippen LogP contribution in [-0.2, 0) is 27.8 Å². The molecular weight excluding hydrogens is 474 g/mol. The second kappa shape index (κ2) is 10.2. The lowest BCUT2D eigenvalue weighted by Crippen LogP contribution is -2.45. The highest BCUT2D eigenvalue weighted by Crippen LogP contribution is 2.27. The molecule has 0 aliphatic carbocycles. The van der Waals surface area contributed by atoms with E-state index < -0.39 is 16.1 Å². The first-order valence-electron chi connectivity index (χ1n) is 12.3. The average molecular weight is 504 g/mol. The molecule has 8 heteroatoms. The van der Waals surface area contributed by atoms with Crippen molar-refractivity contribution in [2.75, 3.05) is 18.4 Å². The van der Waals surface area contributed by atoms with E-state index in [0.717, 1.165) is 30.4 Å². The molecule has 36 heavy (non-hydrogen) atoms. The predicted octanol–water partition coefficient (Wildman–Crippen LogP) is 4.07. The lowest BCUT2D eigenvalue weighted by atomic mass is 10.0. The summed E-state index contributed by atoms with van der Waals surface area (Å²) in [6.45, 7) is 1.44. The molecule has 1 N–H and O–H groups in total. The zero-order chi connectivity index (χ0) is 25.1. The highest BCUT2D eigenvalue weighted by atomic mass is 32.2. The van der Waals surface area contributed by atoms with Crippen molar-refractivity contribution in [2.45, 2.75) is 43.2 Å². The lowest BCUT2D eigenvalue weighted by molar-refractivity contribution is -0.120. The first kappa shape index (κ1) is 24.2. The molecule has 3 aromatic carbocycles. The summed E-state index contributed by atoms with van der Waals surface area (Å²) in [6, 6.07) is 22.6. The highest BCUT2D eigenvalue weighted by Gasteiger charge is 2.36. The summed E-state index contributed by atoms with van der Waals surface area (Å²) in [5, 5.41) is 2.90. The van der Waals surface area contributed by atoms with Gasteiger partial charge >= 0.3 is 0 Å². The maximum absolute atomic E-state index is 13.5. The second-order valence-electron chi connectivity index (χ2n) is 9.27. The highest BCUT2D eigenvalue weighted by molar-refractivity contribution is 7.89. The fourth-order valence-electron chi connectivity index (χ4n) is 4.90. The minimum absolute atomic E-state index is 0.162. The quantitative estimate of drug-likeness (QED) is 0.527. The monoisotopic (exact) mass is 503 g/mol. The van der Waals surface area contributed by atoms with Crippen LogP contribution in [0.15, 0.2) is 83.8 Å². The molecule has 0 unspecified atom stereocenters. The standard InChI is InChI=1S/C28H29N3O4S/c32-27(29-23-13-15-24(16-14-23)36(34,35)30-17-7-2-8-18-30)26(19-21-9-3-1-4-10-21)31-20-22-11-5-6-12-25(22)28(31)33/h1,3-6,9-16,26H,2,7-8,17-20H2,(H,29,32)/t26-/m0/s1. The van der Waals surface area contributed by atoms with E-state index in [-0.39, 0.29) is 16.7 Å². The number of carbonyl (C=O) groups excluding carboxylic acids is 2. The van der Waals surface area contributed by atoms with Crippen molar-refractivity contribution < 1.29 is 18.0 Å². The molecule has 186 valence electrons. The number of piperidine rings is 1. The largest absolute Gasteiger partial charge is 0.324 e. The zero-order valence-electron chi connectivity index (χ0n) is 20.0. The number of hydrogen-bond donors (Lipinski definition) is 1. The summed E-state index contributed by atoms with van der Waals surface area (Å²) in [5.41, 5.74) is 2.96. The summed E-state index contributed by atoms with van der Waals surface area (Å²) in [7, 11) is -3.55. The molecule has 1 atom stereocenters. The van der Waals surface area contributed by atoms with Crippen molar-refractivity contribution in [3.05, 3.63) is 95.6 Å². The van der Waals surface area contributed by atoms with Crippen molar-refractivity contribution >= 4 is 27.5 Å². The fourth-order valence-corrected chi connectivity index (χ4v) is 6.42. The van der Waals surface area contributed by atoms with Crippen LogP contribution in [0.3, 0.4) is 0 Å². The zero-order valence-corrected chi connectivity index (χ0v) is 20.8. The van der Waals surface area contributed by atoms with E-state index in [0.29, 0.717) is 37.3 Å². The summed E-state index contributed by atoms with van der Waals surface area (Å²) in [5.74, 6) is -0.476. The summed E-state index contributed by atoms with van der Waals surface area (Å²) < 4.78 is 27.4. The van der Waals surface area contributed by atoms with Crippen molar-refractivity contribution in [2.24, 2.45) is 0 Å². The molecule has 1 fully saturated rings. The Hall–Kier alpha value is -3.49. The van der Waals surface area contributed by atoms with E-state index in [2.05, 4.69) is 5.32 Å². The maximum atomic E-state index is 13.5. The molecule has 2 amide bonds. The Bertz CT molecular complexity index is 1350. The van der Waals surface area contributed by atoms with Gasteiger partial charge in [0.15, 0.2) is 0 Å². The molecule has 0 saturated carbocycles. The van der Waals surface area contributed by atoms with E-state index in [4.69, 9.17) is 0 Å². The topological polar surface area (TPSA) is 86.8 Å². The smallest absolute Gasteiger partial charge is 0.255 e. The van der Waals surface area contributed by atoms with Gasteiger partial charge in [-0.3, -0.25) is 9.59 Å². The van der Waals surface area contributed by atoms with Crippen LogP contribution in [0.2, 0.25) is 0 Å². The lowest BCUT2D eigenvalue weighted by Gasteiger charge is -2.27. The minimum atomic E-state index is -3.55. The Balaban J connectivity index is 1.35. The first-order chi connectivity index (χ1) is 17.4. The van der Waals surface area contributed by atoms with Gasteiger partial charge < -0.3 is 10.2 Å². The third-order valence-corrected chi connectivity index (χ3v) is 8.79. The number of rotatable bonds is 7. The van der Waals surface area contributed by atoms with Gasteiger partial charge in [0.1, 0.15) is 6.04 Å². The molecule has 5 rings (SSSR count). The molecule has 2 heterocycles. The average Bonchev–Trinajstić information content (AvgIpc) is 3.24. The van der Waals surface area contributed by atoms with E-state index in [1.165, 1.54) is 16.4 Å². The van der Waals surface area contributed by atoms with Crippen LogP contribution in [0.1, 0.15) is 40.7 Å². The van der Waals surface area contributed by atoms with Crippen molar-refractivity contribution in [1.82, 2.24) is 9.21 Å². The fraction of sp³-hybridized carbons (Fsp3) is 0.286. The molecule has 2 aliphatic rings. The molecule has 2 aliphatic heterocycles. The van der Waals surface area contributed by atoms with Gasteiger partial charge in [0.05, 0.1) is 4.90 Å². The molecular formula is C28H29N3O4S. The Kier molecular flexibility index (Phi) is 6.89. The van der Waals surface area contributed by atoms with Crippen LogP contribution in [0, 0.1) is 0 Å². The number of amides is 2. The third kappa shape index (κ3) is 4.92. The van der Waals surface area contributed by atoms with Crippen LogP contribution in [0.4, 0.5) is 5.69 Å². The number of nitrogens with zero attached hydrogens (tertiary/aromatic N) is 2. The molecule has 7 nitrogen and oxygen atoms in total. The first-order valence-corrected chi connectivity index (χ1v) is 13.7.